The average molecular weight is 208 g/mol. The minimum absolute atomic E-state index is 0.416. The molecule has 5 heteroatoms. The van der Waals surface area contributed by atoms with Crippen molar-refractivity contribution in [2.45, 2.75) is 6.92 Å². The highest BCUT2D eigenvalue weighted by Crippen LogP contribution is 2.00. The Morgan fingerprint density at radius 1 is 1.53 bits per heavy atom. The summed E-state index contributed by atoms with van der Waals surface area (Å²) in [5, 5.41) is 3.06. The zero-order chi connectivity index (χ0) is 11.1. The maximum Gasteiger partial charge on any atom is 0.144 e. The van der Waals surface area contributed by atoms with Crippen molar-refractivity contribution in [3.63, 3.8) is 0 Å². The summed E-state index contributed by atoms with van der Waals surface area (Å²) in [6, 6.07) is 0. The number of nitrogens with zero attached hydrogens (tertiary/aromatic N) is 2. The lowest BCUT2D eigenvalue weighted by Crippen LogP contribution is -2.11. The van der Waals surface area contributed by atoms with Gasteiger partial charge in [0.05, 0.1) is 25.6 Å². The van der Waals surface area contributed by atoms with Gasteiger partial charge in [0.25, 0.3) is 0 Å². The first-order valence-corrected chi connectivity index (χ1v) is 4.72. The fraction of sp³-hybridized carbons (Fsp3) is 0.400. The van der Waals surface area contributed by atoms with Crippen LogP contribution in [0.1, 0.15) is 6.92 Å². The van der Waals surface area contributed by atoms with E-state index in [9.17, 15) is 0 Å². The summed E-state index contributed by atoms with van der Waals surface area (Å²) in [6.45, 7) is 7.56. The van der Waals surface area contributed by atoms with Gasteiger partial charge in [-0.15, -0.1) is 0 Å². The summed E-state index contributed by atoms with van der Waals surface area (Å²) < 4.78 is 5.31. The monoisotopic (exact) mass is 208 g/mol. The lowest BCUT2D eigenvalue weighted by atomic mass is 10.4. The second kappa shape index (κ2) is 5.98. The quantitative estimate of drug-likeness (QED) is 0.540. The average Bonchev–Trinajstić information content (AvgIpc) is 2.20. The zero-order valence-corrected chi connectivity index (χ0v) is 8.86. The zero-order valence-electron chi connectivity index (χ0n) is 8.86. The van der Waals surface area contributed by atoms with E-state index in [1.54, 1.807) is 6.20 Å². The van der Waals surface area contributed by atoms with E-state index < -0.39 is 0 Å². The van der Waals surface area contributed by atoms with Crippen LogP contribution in [0.2, 0.25) is 0 Å². The molecule has 0 aliphatic heterocycles. The Kier molecular flexibility index (Phi) is 4.56. The molecule has 0 aliphatic rings. The summed E-state index contributed by atoms with van der Waals surface area (Å²) in [6.07, 6.45) is 3.10. The number of ether oxygens (including phenoxy) is 1. The summed E-state index contributed by atoms with van der Waals surface area (Å²) in [5.41, 5.74) is 6.42. The van der Waals surface area contributed by atoms with Crippen molar-refractivity contribution in [1.29, 1.82) is 0 Å². The van der Waals surface area contributed by atoms with Gasteiger partial charge < -0.3 is 15.8 Å². The molecule has 0 saturated carbocycles. The Bertz CT molecular complexity index is 310. The fourth-order valence-corrected chi connectivity index (χ4v) is 0.927. The molecule has 82 valence electrons. The smallest absolute Gasteiger partial charge is 0.144 e. The second-order valence-electron chi connectivity index (χ2n) is 3.26. The van der Waals surface area contributed by atoms with E-state index in [-0.39, 0.29) is 0 Å². The molecule has 0 saturated heterocycles. The first-order chi connectivity index (χ1) is 7.18. The Hall–Kier alpha value is -1.62. The molecule has 0 radical (unpaired) electrons. The number of nitrogen functional groups attached to an aromatic ring is 1. The maximum absolute atomic E-state index is 5.40. The van der Waals surface area contributed by atoms with E-state index in [4.69, 9.17) is 10.5 Å². The van der Waals surface area contributed by atoms with E-state index in [1.165, 1.54) is 6.20 Å². The molecule has 0 unspecified atom stereocenters. The van der Waals surface area contributed by atoms with Crippen LogP contribution < -0.4 is 11.1 Å². The van der Waals surface area contributed by atoms with Gasteiger partial charge >= 0.3 is 0 Å². The summed E-state index contributed by atoms with van der Waals surface area (Å²) in [4.78, 5) is 7.94. The van der Waals surface area contributed by atoms with Crippen LogP contribution in [0.25, 0.3) is 0 Å². The first kappa shape index (κ1) is 11.5. The van der Waals surface area contributed by atoms with Gasteiger partial charge in [0.15, 0.2) is 0 Å². The highest BCUT2D eigenvalue weighted by atomic mass is 16.5. The number of hydrogen-bond donors (Lipinski definition) is 2. The van der Waals surface area contributed by atoms with Crippen LogP contribution in [0, 0.1) is 0 Å². The number of anilines is 2. The number of aromatic nitrogens is 2. The lowest BCUT2D eigenvalue weighted by Gasteiger charge is -2.06. The highest BCUT2D eigenvalue weighted by Gasteiger charge is 1.93. The van der Waals surface area contributed by atoms with E-state index >= 15 is 0 Å². The molecule has 0 amide bonds. The Labute approximate surface area is 89.4 Å². The number of rotatable bonds is 6. The largest absolute Gasteiger partial charge is 0.382 e. The van der Waals surface area contributed by atoms with Crippen LogP contribution in [0.15, 0.2) is 24.5 Å². The molecule has 3 N–H and O–H groups in total. The van der Waals surface area contributed by atoms with Crippen molar-refractivity contribution in [1.82, 2.24) is 9.97 Å². The Balaban J connectivity index is 2.15. The van der Waals surface area contributed by atoms with Crippen molar-refractivity contribution in [2.24, 2.45) is 0 Å². The van der Waals surface area contributed by atoms with E-state index in [2.05, 4.69) is 21.9 Å². The van der Waals surface area contributed by atoms with Crippen molar-refractivity contribution < 1.29 is 4.74 Å². The van der Waals surface area contributed by atoms with Gasteiger partial charge in [-0.25, -0.2) is 9.97 Å². The maximum atomic E-state index is 5.40. The molecule has 1 aromatic rings. The van der Waals surface area contributed by atoms with Crippen LogP contribution in [0.5, 0.6) is 0 Å². The van der Waals surface area contributed by atoms with E-state index in [0.29, 0.717) is 31.4 Å². The van der Waals surface area contributed by atoms with Crippen molar-refractivity contribution >= 4 is 11.6 Å². The second-order valence-corrected chi connectivity index (χ2v) is 3.26. The highest BCUT2D eigenvalue weighted by molar-refractivity contribution is 5.35. The first-order valence-electron chi connectivity index (χ1n) is 4.72. The minimum atomic E-state index is 0.416. The molecule has 0 aliphatic carbocycles. The van der Waals surface area contributed by atoms with Crippen molar-refractivity contribution in [2.75, 3.05) is 30.8 Å². The summed E-state index contributed by atoms with van der Waals surface area (Å²) >= 11 is 0. The van der Waals surface area contributed by atoms with E-state index in [1.807, 2.05) is 6.92 Å². The van der Waals surface area contributed by atoms with Crippen LogP contribution in [0.3, 0.4) is 0 Å². The van der Waals surface area contributed by atoms with Crippen LogP contribution in [-0.2, 0) is 4.74 Å². The third-order valence-corrected chi connectivity index (χ3v) is 1.57. The predicted molar refractivity (Wildman–Crippen MR) is 60.6 cm³/mol. The molecule has 1 aromatic heterocycles. The Morgan fingerprint density at radius 2 is 2.33 bits per heavy atom. The van der Waals surface area contributed by atoms with Gasteiger partial charge in [-0.2, -0.15) is 0 Å². The molecule has 0 aromatic carbocycles. The molecule has 5 nitrogen and oxygen atoms in total. The topological polar surface area (TPSA) is 73.1 Å². The fourth-order valence-electron chi connectivity index (χ4n) is 0.927. The van der Waals surface area contributed by atoms with Crippen molar-refractivity contribution in [3.05, 3.63) is 24.5 Å². The molecule has 1 heterocycles. The molecule has 1 rings (SSSR count). The minimum Gasteiger partial charge on any atom is -0.382 e. The molecular weight excluding hydrogens is 192 g/mol. The predicted octanol–water partition coefficient (Wildman–Crippen LogP) is 1.06. The number of nitrogens with two attached hydrogens (primary N) is 1. The third kappa shape index (κ3) is 4.97. The molecule has 0 spiro atoms. The molecule has 15 heavy (non-hydrogen) atoms. The van der Waals surface area contributed by atoms with Gasteiger partial charge in [0, 0.05) is 6.54 Å². The van der Waals surface area contributed by atoms with Crippen LogP contribution in [-0.4, -0.2) is 29.7 Å². The SMILES string of the molecule is C=C(C)COCCNc1cnc(N)cn1. The lowest BCUT2D eigenvalue weighted by molar-refractivity contribution is 0.167. The van der Waals surface area contributed by atoms with Gasteiger partial charge in [-0.1, -0.05) is 12.2 Å². The Morgan fingerprint density at radius 3 is 2.93 bits per heavy atom. The molecular formula is C10H16N4O. The number of hydrogen-bond acceptors (Lipinski definition) is 5. The van der Waals surface area contributed by atoms with Crippen LogP contribution >= 0.6 is 0 Å². The molecule has 0 bridgehead atoms. The van der Waals surface area contributed by atoms with Crippen molar-refractivity contribution in [3.8, 4) is 0 Å². The molecule has 0 atom stereocenters. The third-order valence-electron chi connectivity index (χ3n) is 1.57. The summed E-state index contributed by atoms with van der Waals surface area (Å²) in [5.74, 6) is 1.11. The van der Waals surface area contributed by atoms with Gasteiger partial charge in [-0.05, 0) is 6.92 Å². The van der Waals surface area contributed by atoms with Gasteiger partial charge in [0.2, 0.25) is 0 Å². The number of nitrogens with one attached hydrogen (secondary N) is 1. The molecule has 0 fully saturated rings. The van der Waals surface area contributed by atoms with E-state index in [0.717, 1.165) is 5.57 Å². The normalized spacial score (nSPS) is 9.93. The standard InChI is InChI=1S/C10H16N4O/c1-8(2)7-15-4-3-12-10-6-13-9(11)5-14-10/h5-6H,1,3-4,7H2,2H3,(H2,11,13)(H,12,14). The van der Waals surface area contributed by atoms with Gasteiger partial charge in [-0.3, -0.25) is 0 Å². The van der Waals surface area contributed by atoms with Crippen LogP contribution in [0.4, 0.5) is 11.6 Å². The van der Waals surface area contributed by atoms with Gasteiger partial charge in [0.1, 0.15) is 11.6 Å². The summed E-state index contributed by atoms with van der Waals surface area (Å²) in [7, 11) is 0.